The van der Waals surface area contributed by atoms with E-state index in [1.807, 2.05) is 0 Å². The second-order valence-corrected chi connectivity index (χ2v) is 10.2. The average molecular weight is 474 g/mol. The van der Waals surface area contributed by atoms with E-state index in [0.717, 1.165) is 22.8 Å². The molecule has 0 spiro atoms. The summed E-state index contributed by atoms with van der Waals surface area (Å²) in [4.78, 5) is 7.15. The van der Waals surface area contributed by atoms with Crippen molar-refractivity contribution >= 4 is 26.5 Å². The number of benzene rings is 2. The number of aryl methyl sites for hydroxylation is 1. The summed E-state index contributed by atoms with van der Waals surface area (Å²) in [6, 6.07) is 13.2. The van der Waals surface area contributed by atoms with Crippen LogP contribution in [0.3, 0.4) is 0 Å². The SMILES string of the molecule is CCc1ccc(-c2csc(N3CCN(S(=O)(=O)c4ccc(OC)c(OC)c4)CC3)n2)cc1. The van der Waals surface area contributed by atoms with Crippen molar-refractivity contribution in [2.45, 2.75) is 18.2 Å². The Labute approximate surface area is 193 Å². The monoisotopic (exact) mass is 473 g/mol. The molecule has 0 atom stereocenters. The second-order valence-electron chi connectivity index (χ2n) is 7.47. The lowest BCUT2D eigenvalue weighted by molar-refractivity contribution is 0.353. The first-order valence-corrected chi connectivity index (χ1v) is 12.8. The standard InChI is InChI=1S/C23H27N3O4S2/c1-4-17-5-7-18(8-6-17)20-16-31-23(24-20)25-11-13-26(14-12-25)32(27,28)19-9-10-21(29-2)22(15-19)30-3/h5-10,15-16H,4,11-14H2,1-3H3. The highest BCUT2D eigenvalue weighted by molar-refractivity contribution is 7.89. The van der Waals surface area contributed by atoms with Gasteiger partial charge in [0.05, 0.1) is 24.8 Å². The van der Waals surface area contributed by atoms with Crippen molar-refractivity contribution in [3.63, 3.8) is 0 Å². The van der Waals surface area contributed by atoms with Gasteiger partial charge in [-0.2, -0.15) is 4.31 Å². The van der Waals surface area contributed by atoms with Crippen LogP contribution in [0.15, 0.2) is 52.7 Å². The predicted octanol–water partition coefficient (Wildman–Crippen LogP) is 3.90. The minimum Gasteiger partial charge on any atom is -0.493 e. The van der Waals surface area contributed by atoms with Gasteiger partial charge >= 0.3 is 0 Å². The van der Waals surface area contributed by atoms with E-state index in [1.54, 1.807) is 23.5 Å². The molecule has 0 saturated carbocycles. The molecular weight excluding hydrogens is 446 g/mol. The minimum atomic E-state index is -3.62. The quantitative estimate of drug-likeness (QED) is 0.518. The Morgan fingerprint density at radius 1 is 0.969 bits per heavy atom. The fourth-order valence-electron chi connectivity index (χ4n) is 3.70. The minimum absolute atomic E-state index is 0.204. The normalized spacial score (nSPS) is 15.0. The number of thiazole rings is 1. The molecule has 32 heavy (non-hydrogen) atoms. The third-order valence-electron chi connectivity index (χ3n) is 5.65. The van der Waals surface area contributed by atoms with Gasteiger partial charge in [-0.3, -0.25) is 0 Å². The number of aromatic nitrogens is 1. The smallest absolute Gasteiger partial charge is 0.243 e. The molecule has 0 amide bonds. The molecular formula is C23H27N3O4S2. The van der Waals surface area contributed by atoms with Gasteiger partial charge in [0.25, 0.3) is 0 Å². The summed E-state index contributed by atoms with van der Waals surface area (Å²) >= 11 is 1.59. The van der Waals surface area contributed by atoms with Gasteiger partial charge in [0.15, 0.2) is 16.6 Å². The first-order valence-electron chi connectivity index (χ1n) is 10.5. The number of sulfonamides is 1. The summed E-state index contributed by atoms with van der Waals surface area (Å²) in [6.45, 7) is 4.12. The van der Waals surface area contributed by atoms with Crippen molar-refractivity contribution in [3.8, 4) is 22.8 Å². The maximum Gasteiger partial charge on any atom is 0.243 e. The van der Waals surface area contributed by atoms with Crippen LogP contribution in [0.4, 0.5) is 5.13 Å². The van der Waals surface area contributed by atoms with Gasteiger partial charge in [-0.1, -0.05) is 31.2 Å². The molecule has 9 heteroatoms. The molecule has 3 aromatic rings. The van der Waals surface area contributed by atoms with Gasteiger partial charge in [-0.15, -0.1) is 11.3 Å². The van der Waals surface area contributed by atoms with Crippen molar-refractivity contribution in [2.75, 3.05) is 45.3 Å². The lowest BCUT2D eigenvalue weighted by Crippen LogP contribution is -2.48. The molecule has 0 radical (unpaired) electrons. The molecule has 0 bridgehead atoms. The number of anilines is 1. The van der Waals surface area contributed by atoms with Crippen LogP contribution in [0.1, 0.15) is 12.5 Å². The van der Waals surface area contributed by atoms with Crippen LogP contribution in [-0.4, -0.2) is 58.1 Å². The van der Waals surface area contributed by atoms with E-state index in [1.165, 1.54) is 30.2 Å². The number of hydrogen-bond donors (Lipinski definition) is 0. The average Bonchev–Trinajstić information content (AvgIpc) is 3.34. The molecule has 2 aromatic carbocycles. The molecule has 0 N–H and O–H groups in total. The Balaban J connectivity index is 1.44. The lowest BCUT2D eigenvalue weighted by Gasteiger charge is -2.33. The van der Waals surface area contributed by atoms with Gasteiger partial charge in [-0.05, 0) is 24.1 Å². The van der Waals surface area contributed by atoms with Gasteiger partial charge in [0, 0.05) is 43.2 Å². The number of nitrogens with zero attached hydrogens (tertiary/aromatic N) is 3. The van der Waals surface area contributed by atoms with E-state index in [-0.39, 0.29) is 4.90 Å². The highest BCUT2D eigenvalue weighted by Gasteiger charge is 2.30. The molecule has 170 valence electrons. The molecule has 1 aliphatic rings. The zero-order valence-electron chi connectivity index (χ0n) is 18.4. The van der Waals surface area contributed by atoms with Crippen LogP contribution >= 0.6 is 11.3 Å². The van der Waals surface area contributed by atoms with Crippen LogP contribution in [0.2, 0.25) is 0 Å². The number of hydrogen-bond acceptors (Lipinski definition) is 7. The topological polar surface area (TPSA) is 72.0 Å². The molecule has 0 aliphatic carbocycles. The molecule has 1 aromatic heterocycles. The number of rotatable bonds is 7. The summed E-state index contributed by atoms with van der Waals surface area (Å²) in [6.07, 6.45) is 1.01. The molecule has 1 aliphatic heterocycles. The summed E-state index contributed by atoms with van der Waals surface area (Å²) in [5.41, 5.74) is 3.35. The third-order valence-corrected chi connectivity index (χ3v) is 8.45. The zero-order valence-corrected chi connectivity index (χ0v) is 20.1. The van der Waals surface area contributed by atoms with Gasteiger partial charge < -0.3 is 14.4 Å². The molecule has 4 rings (SSSR count). The van der Waals surface area contributed by atoms with Crippen LogP contribution in [0.5, 0.6) is 11.5 Å². The molecule has 0 unspecified atom stereocenters. The van der Waals surface area contributed by atoms with Crippen molar-refractivity contribution < 1.29 is 17.9 Å². The summed E-state index contributed by atoms with van der Waals surface area (Å²) < 4.78 is 38.3. The third kappa shape index (κ3) is 4.46. The highest BCUT2D eigenvalue weighted by atomic mass is 32.2. The van der Waals surface area contributed by atoms with Crippen molar-refractivity contribution in [1.82, 2.24) is 9.29 Å². The fourth-order valence-corrected chi connectivity index (χ4v) is 6.03. The first kappa shape index (κ1) is 22.6. The zero-order chi connectivity index (χ0) is 22.7. The first-order chi connectivity index (χ1) is 15.5. The molecule has 1 fully saturated rings. The Morgan fingerprint density at radius 3 is 2.28 bits per heavy atom. The maximum atomic E-state index is 13.1. The van der Waals surface area contributed by atoms with E-state index in [2.05, 4.69) is 41.5 Å². The van der Waals surface area contributed by atoms with E-state index in [4.69, 9.17) is 14.5 Å². The van der Waals surface area contributed by atoms with E-state index in [0.29, 0.717) is 37.7 Å². The Bertz CT molecular complexity index is 1170. The van der Waals surface area contributed by atoms with Gasteiger partial charge in [-0.25, -0.2) is 13.4 Å². The second kappa shape index (κ2) is 9.48. The van der Waals surface area contributed by atoms with Crippen molar-refractivity contribution in [1.29, 1.82) is 0 Å². The summed E-state index contributed by atoms with van der Waals surface area (Å²) in [7, 11) is -0.599. The summed E-state index contributed by atoms with van der Waals surface area (Å²) in [5, 5.41) is 2.98. The number of ether oxygens (including phenoxy) is 2. The van der Waals surface area contributed by atoms with Crippen LogP contribution in [-0.2, 0) is 16.4 Å². The Kier molecular flexibility index (Phi) is 6.68. The van der Waals surface area contributed by atoms with Crippen LogP contribution < -0.4 is 14.4 Å². The fraction of sp³-hybridized carbons (Fsp3) is 0.348. The lowest BCUT2D eigenvalue weighted by atomic mass is 10.1. The molecule has 2 heterocycles. The molecule has 7 nitrogen and oxygen atoms in total. The Hall–Kier alpha value is -2.62. The number of piperazine rings is 1. The van der Waals surface area contributed by atoms with Crippen molar-refractivity contribution in [3.05, 3.63) is 53.4 Å². The van der Waals surface area contributed by atoms with Gasteiger partial charge in [0.2, 0.25) is 10.0 Å². The Morgan fingerprint density at radius 2 is 1.66 bits per heavy atom. The van der Waals surface area contributed by atoms with E-state index in [9.17, 15) is 8.42 Å². The maximum absolute atomic E-state index is 13.1. The van der Waals surface area contributed by atoms with Gasteiger partial charge in [0.1, 0.15) is 0 Å². The predicted molar refractivity (Wildman–Crippen MR) is 127 cm³/mol. The molecule has 1 saturated heterocycles. The van der Waals surface area contributed by atoms with E-state index < -0.39 is 10.0 Å². The number of methoxy groups -OCH3 is 2. The van der Waals surface area contributed by atoms with Crippen LogP contribution in [0, 0.1) is 0 Å². The van der Waals surface area contributed by atoms with Crippen LogP contribution in [0.25, 0.3) is 11.3 Å². The largest absolute Gasteiger partial charge is 0.493 e. The summed E-state index contributed by atoms with van der Waals surface area (Å²) in [5.74, 6) is 0.898. The van der Waals surface area contributed by atoms with E-state index >= 15 is 0 Å². The van der Waals surface area contributed by atoms with Crippen molar-refractivity contribution in [2.24, 2.45) is 0 Å². The highest BCUT2D eigenvalue weighted by Crippen LogP contribution is 2.32.